The van der Waals surface area contributed by atoms with Crippen LogP contribution >= 0.6 is 11.6 Å². The molecule has 2 N–H and O–H groups in total. The summed E-state index contributed by atoms with van der Waals surface area (Å²) in [6, 6.07) is 7.47. The number of nitrogens with zero attached hydrogens (tertiary/aromatic N) is 3. The highest BCUT2D eigenvalue weighted by Gasteiger charge is 2.13. The van der Waals surface area contributed by atoms with Gasteiger partial charge in [0.2, 0.25) is 0 Å². The van der Waals surface area contributed by atoms with Gasteiger partial charge in [0.25, 0.3) is 0 Å². The molecule has 1 aromatic carbocycles. The Morgan fingerprint density at radius 3 is 2.89 bits per heavy atom. The average molecular weight is 259 g/mol. The summed E-state index contributed by atoms with van der Waals surface area (Å²) in [5.74, 6) is 0.790. The Morgan fingerprint density at radius 1 is 1.28 bits per heavy atom. The third kappa shape index (κ3) is 1.54. The van der Waals surface area contributed by atoms with Gasteiger partial charge in [-0.2, -0.15) is 0 Å². The maximum Gasteiger partial charge on any atom is 0.143 e. The highest BCUT2D eigenvalue weighted by molar-refractivity contribution is 6.33. The zero-order valence-corrected chi connectivity index (χ0v) is 10.5. The van der Waals surface area contributed by atoms with Crippen LogP contribution in [0.2, 0.25) is 5.02 Å². The van der Waals surface area contributed by atoms with Crippen molar-refractivity contribution in [1.29, 1.82) is 0 Å². The number of hydrogen-bond donors (Lipinski definition) is 1. The predicted octanol–water partition coefficient (Wildman–Crippen LogP) is 2.87. The van der Waals surface area contributed by atoms with E-state index in [9.17, 15) is 0 Å². The van der Waals surface area contributed by atoms with Crippen molar-refractivity contribution in [2.45, 2.75) is 0 Å². The van der Waals surface area contributed by atoms with Gasteiger partial charge in [0, 0.05) is 18.8 Å². The molecule has 3 rings (SSSR count). The summed E-state index contributed by atoms with van der Waals surface area (Å²) in [6.07, 6.45) is 3.48. The second-order valence-electron chi connectivity index (χ2n) is 4.06. The van der Waals surface area contributed by atoms with Gasteiger partial charge in [-0.15, -0.1) is 0 Å². The molecule has 90 valence electrons. The largest absolute Gasteiger partial charge is 0.397 e. The van der Waals surface area contributed by atoms with Gasteiger partial charge >= 0.3 is 0 Å². The molecule has 0 unspecified atom stereocenters. The van der Waals surface area contributed by atoms with E-state index < -0.39 is 0 Å². The van der Waals surface area contributed by atoms with E-state index in [1.54, 1.807) is 18.5 Å². The van der Waals surface area contributed by atoms with Crippen LogP contribution in [0, 0.1) is 0 Å². The third-order valence-corrected chi connectivity index (χ3v) is 3.31. The van der Waals surface area contributed by atoms with Crippen molar-refractivity contribution in [3.05, 3.63) is 41.7 Å². The van der Waals surface area contributed by atoms with Gasteiger partial charge < -0.3 is 10.3 Å². The lowest BCUT2D eigenvalue weighted by molar-refractivity contribution is 0.959. The van der Waals surface area contributed by atoms with Crippen LogP contribution in [-0.4, -0.2) is 14.5 Å². The van der Waals surface area contributed by atoms with Gasteiger partial charge in [-0.05, 0) is 18.2 Å². The minimum Gasteiger partial charge on any atom is -0.397 e. The lowest BCUT2D eigenvalue weighted by atomic mass is 10.1. The number of hydrogen-bond acceptors (Lipinski definition) is 3. The zero-order chi connectivity index (χ0) is 12.7. The molecule has 0 saturated carbocycles. The first-order valence-electron chi connectivity index (χ1n) is 5.49. The van der Waals surface area contributed by atoms with Crippen molar-refractivity contribution in [2.24, 2.45) is 7.05 Å². The number of pyridine rings is 1. The summed E-state index contributed by atoms with van der Waals surface area (Å²) in [5, 5.41) is 0.540. The molecular formula is C13H11ClN4. The number of fused-ring (bicyclic) bond motifs is 1. The van der Waals surface area contributed by atoms with E-state index >= 15 is 0 Å². The Morgan fingerprint density at radius 2 is 2.11 bits per heavy atom. The lowest BCUT2D eigenvalue weighted by Gasteiger charge is -2.07. The maximum absolute atomic E-state index is 6.04. The fourth-order valence-corrected chi connectivity index (χ4v) is 2.20. The van der Waals surface area contributed by atoms with E-state index in [2.05, 4.69) is 9.97 Å². The molecule has 3 aromatic rings. The fraction of sp³-hybridized carbons (Fsp3) is 0.0769. The first kappa shape index (κ1) is 11.0. The topological polar surface area (TPSA) is 56.7 Å². The normalized spacial score (nSPS) is 11.0. The fourth-order valence-electron chi connectivity index (χ4n) is 2.02. The van der Waals surface area contributed by atoms with Crippen LogP contribution in [0.1, 0.15) is 0 Å². The van der Waals surface area contributed by atoms with E-state index in [1.165, 1.54) is 0 Å². The van der Waals surface area contributed by atoms with Crippen LogP contribution in [-0.2, 0) is 7.05 Å². The Balaban J connectivity index is 2.32. The van der Waals surface area contributed by atoms with E-state index in [1.807, 2.05) is 29.8 Å². The second-order valence-corrected chi connectivity index (χ2v) is 4.47. The van der Waals surface area contributed by atoms with Crippen LogP contribution in [0.4, 0.5) is 5.69 Å². The molecule has 4 nitrogen and oxygen atoms in total. The molecule has 0 aliphatic carbocycles. The number of imidazole rings is 1. The van der Waals surface area contributed by atoms with Crippen LogP contribution in [0.3, 0.4) is 0 Å². The molecule has 0 atom stereocenters. The zero-order valence-electron chi connectivity index (χ0n) is 9.76. The second kappa shape index (κ2) is 3.99. The number of halogens is 1. The molecule has 2 heterocycles. The molecule has 0 bridgehead atoms. The average Bonchev–Trinajstić information content (AvgIpc) is 2.71. The molecule has 0 amide bonds. The first-order valence-corrected chi connectivity index (χ1v) is 5.87. The van der Waals surface area contributed by atoms with Crippen LogP contribution in [0.15, 0.2) is 36.7 Å². The van der Waals surface area contributed by atoms with Crippen molar-refractivity contribution < 1.29 is 0 Å². The smallest absolute Gasteiger partial charge is 0.143 e. The predicted molar refractivity (Wildman–Crippen MR) is 73.4 cm³/mol. The van der Waals surface area contributed by atoms with Crippen molar-refractivity contribution in [2.75, 3.05) is 5.73 Å². The molecule has 0 aliphatic heterocycles. The summed E-state index contributed by atoms with van der Waals surface area (Å²) < 4.78 is 1.99. The first-order chi connectivity index (χ1) is 8.68. The SMILES string of the molecule is Cn1c(-c2cccc(Cl)c2N)nc2cnccc21. The maximum atomic E-state index is 6.04. The van der Waals surface area contributed by atoms with Crippen molar-refractivity contribution >= 4 is 28.3 Å². The Bertz CT molecular complexity index is 733. The number of aromatic nitrogens is 3. The Kier molecular flexibility index (Phi) is 2.45. The molecule has 2 aromatic heterocycles. The van der Waals surface area contributed by atoms with Gasteiger partial charge in [-0.3, -0.25) is 4.98 Å². The van der Waals surface area contributed by atoms with Crippen molar-refractivity contribution in [1.82, 2.24) is 14.5 Å². The number of nitrogens with two attached hydrogens (primary N) is 1. The van der Waals surface area contributed by atoms with Gasteiger partial charge in [0.1, 0.15) is 11.3 Å². The minimum atomic E-state index is 0.540. The van der Waals surface area contributed by atoms with Gasteiger partial charge in [0.15, 0.2) is 0 Å². The molecule has 0 saturated heterocycles. The summed E-state index contributed by atoms with van der Waals surface area (Å²) in [5.41, 5.74) is 9.24. The molecule has 0 fully saturated rings. The quantitative estimate of drug-likeness (QED) is 0.683. The molecule has 18 heavy (non-hydrogen) atoms. The van der Waals surface area contributed by atoms with Gasteiger partial charge in [-0.1, -0.05) is 17.7 Å². The van der Waals surface area contributed by atoms with E-state index in [0.717, 1.165) is 22.4 Å². The third-order valence-electron chi connectivity index (χ3n) is 2.98. The van der Waals surface area contributed by atoms with Crippen LogP contribution in [0.25, 0.3) is 22.4 Å². The van der Waals surface area contributed by atoms with Gasteiger partial charge in [-0.25, -0.2) is 4.98 Å². The lowest BCUT2D eigenvalue weighted by Crippen LogP contribution is -1.97. The van der Waals surface area contributed by atoms with Crippen LogP contribution in [0.5, 0.6) is 0 Å². The Hall–Kier alpha value is -2.07. The number of rotatable bonds is 1. The summed E-state index contributed by atoms with van der Waals surface area (Å²) in [6.45, 7) is 0. The number of nitrogen functional groups attached to an aromatic ring is 1. The number of aryl methyl sites for hydroxylation is 1. The molecule has 0 aliphatic rings. The Labute approximate surface area is 109 Å². The minimum absolute atomic E-state index is 0.540. The molecule has 0 spiro atoms. The van der Waals surface area contributed by atoms with E-state index in [-0.39, 0.29) is 0 Å². The monoisotopic (exact) mass is 258 g/mol. The number of para-hydroxylation sites is 1. The highest BCUT2D eigenvalue weighted by atomic mass is 35.5. The summed E-state index contributed by atoms with van der Waals surface area (Å²) >= 11 is 6.04. The summed E-state index contributed by atoms with van der Waals surface area (Å²) in [7, 11) is 1.95. The standard InChI is InChI=1S/C13H11ClN4/c1-18-11-5-6-16-7-10(11)17-13(18)8-3-2-4-9(14)12(8)15/h2-7H,15H2,1H3. The number of benzene rings is 1. The summed E-state index contributed by atoms with van der Waals surface area (Å²) in [4.78, 5) is 8.61. The van der Waals surface area contributed by atoms with E-state index in [0.29, 0.717) is 10.7 Å². The molecule has 5 heteroatoms. The van der Waals surface area contributed by atoms with Gasteiger partial charge in [0.05, 0.1) is 22.4 Å². The van der Waals surface area contributed by atoms with Crippen LogP contribution < -0.4 is 5.73 Å². The number of anilines is 1. The molecular weight excluding hydrogens is 248 g/mol. The van der Waals surface area contributed by atoms with Crippen molar-refractivity contribution in [3.63, 3.8) is 0 Å². The molecule has 0 radical (unpaired) electrons. The van der Waals surface area contributed by atoms with Crippen molar-refractivity contribution in [3.8, 4) is 11.4 Å². The van der Waals surface area contributed by atoms with E-state index in [4.69, 9.17) is 17.3 Å². The highest BCUT2D eigenvalue weighted by Crippen LogP contribution is 2.32.